The number of nitrogens with one attached hydrogen (secondary N) is 3. The van der Waals surface area contributed by atoms with Crippen LogP contribution in [0.5, 0.6) is 0 Å². The fraction of sp³-hybridized carbons (Fsp3) is 0.750. The molecule has 0 radical (unpaired) electrons. The van der Waals surface area contributed by atoms with Crippen molar-refractivity contribution in [1.82, 2.24) is 16.1 Å². The van der Waals surface area contributed by atoms with Crippen molar-refractivity contribution in [3.8, 4) is 0 Å². The summed E-state index contributed by atoms with van der Waals surface area (Å²) in [7, 11) is 0. The molecule has 0 aliphatic heterocycles. The maximum Gasteiger partial charge on any atom is 0.242 e. The van der Waals surface area contributed by atoms with Crippen LogP contribution in [0.15, 0.2) is 4.99 Å². The maximum atomic E-state index is 11.3. The predicted molar refractivity (Wildman–Crippen MR) is 56.6 cm³/mol. The number of amides is 1. The first-order valence-corrected chi connectivity index (χ1v) is 4.71. The van der Waals surface area contributed by atoms with Crippen molar-refractivity contribution in [1.29, 1.82) is 0 Å². The van der Waals surface area contributed by atoms with Crippen molar-refractivity contribution in [2.75, 3.05) is 13.1 Å². The molecule has 0 aromatic rings. The summed E-state index contributed by atoms with van der Waals surface area (Å²) >= 11 is 0. The van der Waals surface area contributed by atoms with E-state index in [0.29, 0.717) is 19.0 Å². The third-order valence-electron chi connectivity index (χ3n) is 1.55. The molecule has 0 bridgehead atoms. The van der Waals surface area contributed by atoms with E-state index in [0.717, 1.165) is 0 Å². The standard InChI is InChI=1S/C8H19N5O/c1-4-10-7(14)6(3)12-8(13-9)11-5-2/h6H,4-5,9H2,1-3H3,(H,10,14)(H2,11,12,13). The summed E-state index contributed by atoms with van der Waals surface area (Å²) in [6.45, 7) is 6.71. The van der Waals surface area contributed by atoms with Crippen LogP contribution in [0, 0.1) is 0 Å². The van der Waals surface area contributed by atoms with Gasteiger partial charge < -0.3 is 10.6 Å². The summed E-state index contributed by atoms with van der Waals surface area (Å²) in [5, 5.41) is 5.55. The second-order valence-electron chi connectivity index (χ2n) is 2.73. The number of carbonyl (C=O) groups is 1. The largest absolute Gasteiger partial charge is 0.355 e. The Morgan fingerprint density at radius 1 is 1.50 bits per heavy atom. The Bertz CT molecular complexity index is 204. The summed E-state index contributed by atoms with van der Waals surface area (Å²) in [5.74, 6) is 5.55. The second kappa shape index (κ2) is 7.14. The lowest BCUT2D eigenvalue weighted by atomic mass is 10.3. The molecular formula is C8H19N5O. The van der Waals surface area contributed by atoms with E-state index in [1.165, 1.54) is 0 Å². The molecule has 0 aliphatic carbocycles. The fourth-order valence-corrected chi connectivity index (χ4v) is 0.889. The van der Waals surface area contributed by atoms with Crippen molar-refractivity contribution in [3.05, 3.63) is 0 Å². The van der Waals surface area contributed by atoms with E-state index in [-0.39, 0.29) is 11.9 Å². The summed E-state index contributed by atoms with van der Waals surface area (Å²) in [4.78, 5) is 15.3. The Hall–Kier alpha value is -1.30. The molecular weight excluding hydrogens is 182 g/mol. The molecule has 0 aromatic carbocycles. The van der Waals surface area contributed by atoms with Gasteiger partial charge in [0, 0.05) is 13.1 Å². The number of nitrogens with two attached hydrogens (primary N) is 1. The van der Waals surface area contributed by atoms with Crippen LogP contribution in [0.25, 0.3) is 0 Å². The van der Waals surface area contributed by atoms with E-state index in [9.17, 15) is 4.79 Å². The van der Waals surface area contributed by atoms with E-state index in [1.807, 2.05) is 13.8 Å². The first-order chi connectivity index (χ1) is 6.65. The molecule has 0 spiro atoms. The lowest BCUT2D eigenvalue weighted by molar-refractivity contribution is -0.122. The van der Waals surface area contributed by atoms with Gasteiger partial charge in [0.1, 0.15) is 6.04 Å². The summed E-state index contributed by atoms with van der Waals surface area (Å²) < 4.78 is 0. The molecule has 1 amide bonds. The van der Waals surface area contributed by atoms with Gasteiger partial charge in [-0.25, -0.2) is 5.84 Å². The Kier molecular flexibility index (Phi) is 6.47. The monoisotopic (exact) mass is 201 g/mol. The zero-order valence-electron chi connectivity index (χ0n) is 8.92. The molecule has 6 nitrogen and oxygen atoms in total. The molecule has 1 atom stereocenters. The predicted octanol–water partition coefficient (Wildman–Crippen LogP) is -1.06. The molecule has 1 unspecified atom stereocenters. The first kappa shape index (κ1) is 12.7. The highest BCUT2D eigenvalue weighted by Gasteiger charge is 2.12. The average Bonchev–Trinajstić information content (AvgIpc) is 2.17. The summed E-state index contributed by atoms with van der Waals surface area (Å²) in [5.41, 5.74) is 2.39. The molecule has 0 saturated carbocycles. The smallest absolute Gasteiger partial charge is 0.242 e. The van der Waals surface area contributed by atoms with Crippen molar-refractivity contribution in [3.63, 3.8) is 0 Å². The minimum absolute atomic E-state index is 0.0773. The normalized spacial score (nSPS) is 13.3. The van der Waals surface area contributed by atoms with E-state index < -0.39 is 0 Å². The van der Waals surface area contributed by atoms with Crippen LogP contribution < -0.4 is 21.9 Å². The number of hydrogen-bond donors (Lipinski definition) is 4. The van der Waals surface area contributed by atoms with Crippen LogP contribution >= 0.6 is 0 Å². The van der Waals surface area contributed by atoms with Crippen molar-refractivity contribution in [2.24, 2.45) is 10.8 Å². The number of hydrazine groups is 1. The molecule has 0 saturated heterocycles. The maximum absolute atomic E-state index is 11.3. The fourth-order valence-electron chi connectivity index (χ4n) is 0.889. The average molecular weight is 201 g/mol. The molecule has 0 aromatic heterocycles. The molecule has 82 valence electrons. The molecule has 0 aliphatic rings. The van der Waals surface area contributed by atoms with Gasteiger partial charge in [-0.15, -0.1) is 0 Å². The van der Waals surface area contributed by atoms with E-state index in [4.69, 9.17) is 5.84 Å². The van der Waals surface area contributed by atoms with Gasteiger partial charge in [-0.1, -0.05) is 0 Å². The van der Waals surface area contributed by atoms with Gasteiger partial charge in [0.25, 0.3) is 0 Å². The Balaban J connectivity index is 4.08. The van der Waals surface area contributed by atoms with Crippen LogP contribution in [-0.2, 0) is 4.79 Å². The summed E-state index contributed by atoms with van der Waals surface area (Å²) in [6.07, 6.45) is 0. The van der Waals surface area contributed by atoms with Crippen LogP contribution in [0.3, 0.4) is 0 Å². The highest BCUT2D eigenvalue weighted by molar-refractivity contribution is 5.88. The highest BCUT2D eigenvalue weighted by Crippen LogP contribution is 1.82. The van der Waals surface area contributed by atoms with Crippen molar-refractivity contribution < 1.29 is 4.79 Å². The number of aliphatic imine (C=N–C) groups is 1. The van der Waals surface area contributed by atoms with E-state index in [1.54, 1.807) is 6.92 Å². The quantitative estimate of drug-likeness (QED) is 0.202. The van der Waals surface area contributed by atoms with Crippen LogP contribution in [-0.4, -0.2) is 31.0 Å². The minimum atomic E-state index is -0.351. The number of carbonyl (C=O) groups excluding carboxylic acids is 1. The van der Waals surface area contributed by atoms with Crippen molar-refractivity contribution in [2.45, 2.75) is 26.8 Å². The van der Waals surface area contributed by atoms with Gasteiger partial charge in [-0.05, 0) is 20.8 Å². The van der Waals surface area contributed by atoms with Gasteiger partial charge in [0.2, 0.25) is 11.9 Å². The highest BCUT2D eigenvalue weighted by atomic mass is 16.2. The first-order valence-electron chi connectivity index (χ1n) is 4.71. The van der Waals surface area contributed by atoms with Gasteiger partial charge in [0.05, 0.1) is 0 Å². The molecule has 14 heavy (non-hydrogen) atoms. The third-order valence-corrected chi connectivity index (χ3v) is 1.55. The molecule has 5 N–H and O–H groups in total. The second-order valence-corrected chi connectivity index (χ2v) is 2.73. The lowest BCUT2D eigenvalue weighted by Gasteiger charge is -2.15. The zero-order chi connectivity index (χ0) is 11.0. The van der Waals surface area contributed by atoms with Gasteiger partial charge in [0.15, 0.2) is 0 Å². The van der Waals surface area contributed by atoms with Crippen LogP contribution in [0.2, 0.25) is 0 Å². The zero-order valence-corrected chi connectivity index (χ0v) is 8.92. The minimum Gasteiger partial charge on any atom is -0.355 e. The molecule has 0 fully saturated rings. The number of likely N-dealkylation sites (N-methyl/N-ethyl adjacent to an activating group) is 1. The van der Waals surface area contributed by atoms with Gasteiger partial charge in [-0.2, -0.15) is 0 Å². The van der Waals surface area contributed by atoms with Gasteiger partial charge >= 0.3 is 0 Å². The van der Waals surface area contributed by atoms with Crippen LogP contribution in [0.4, 0.5) is 0 Å². The third kappa shape index (κ3) is 4.66. The molecule has 0 rings (SSSR count). The van der Waals surface area contributed by atoms with Gasteiger partial charge in [-0.3, -0.25) is 15.2 Å². The van der Waals surface area contributed by atoms with Crippen molar-refractivity contribution >= 4 is 11.9 Å². The lowest BCUT2D eigenvalue weighted by Crippen LogP contribution is -2.51. The summed E-state index contributed by atoms with van der Waals surface area (Å²) in [6, 6.07) is -0.351. The van der Waals surface area contributed by atoms with E-state index in [2.05, 4.69) is 21.1 Å². The molecule has 0 heterocycles. The number of nitrogens with zero attached hydrogens (tertiary/aromatic N) is 1. The number of hydrogen-bond acceptors (Lipinski definition) is 3. The van der Waals surface area contributed by atoms with Crippen LogP contribution in [0.1, 0.15) is 20.8 Å². The van der Waals surface area contributed by atoms with E-state index >= 15 is 0 Å². The Morgan fingerprint density at radius 3 is 2.57 bits per heavy atom. The SMILES string of the molecule is CCN=C(NN)NC(C)C(=O)NCC. The molecule has 6 heteroatoms. The Labute approximate surface area is 84.3 Å². The topological polar surface area (TPSA) is 91.5 Å². The Morgan fingerprint density at radius 2 is 2.14 bits per heavy atom. The number of rotatable bonds is 4. The number of guanidine groups is 1.